The molecule has 1 N–H and O–H groups in total. The van der Waals surface area contributed by atoms with E-state index in [1.54, 1.807) is 24.3 Å². The maximum atomic E-state index is 13.0. The molecule has 5 heteroatoms. The van der Waals surface area contributed by atoms with E-state index in [1.165, 1.54) is 0 Å². The summed E-state index contributed by atoms with van der Waals surface area (Å²) in [7, 11) is 0. The SMILES string of the molecule is O=C(Cc1ccccc1Cl)Nc1cc(F)cc(F)c1. The number of amides is 1. The molecule has 2 aromatic carbocycles. The van der Waals surface area contributed by atoms with Crippen molar-refractivity contribution in [1.29, 1.82) is 0 Å². The first-order valence-corrected chi connectivity index (χ1v) is 5.92. The minimum atomic E-state index is -0.743. The van der Waals surface area contributed by atoms with Gasteiger partial charge in [-0.2, -0.15) is 0 Å². The molecule has 2 nitrogen and oxygen atoms in total. The molecule has 0 aliphatic heterocycles. The first kappa shape index (κ1) is 13.5. The van der Waals surface area contributed by atoms with Gasteiger partial charge in [-0.25, -0.2) is 8.78 Å². The molecular weight excluding hydrogens is 272 g/mol. The number of hydrogen-bond donors (Lipinski definition) is 1. The summed E-state index contributed by atoms with van der Waals surface area (Å²) in [4.78, 5) is 11.7. The molecule has 1 amide bonds. The van der Waals surface area contributed by atoms with Crippen LogP contribution in [0.3, 0.4) is 0 Å². The summed E-state index contributed by atoms with van der Waals surface area (Å²) in [6.07, 6.45) is 0.0395. The van der Waals surface area contributed by atoms with Crippen LogP contribution in [0.2, 0.25) is 5.02 Å². The summed E-state index contributed by atoms with van der Waals surface area (Å²) in [6.45, 7) is 0. The third-order valence-corrected chi connectivity index (χ3v) is 2.82. The third-order valence-electron chi connectivity index (χ3n) is 2.46. The Hall–Kier alpha value is -1.94. The number of nitrogens with one attached hydrogen (secondary N) is 1. The Bertz CT molecular complexity index is 596. The van der Waals surface area contributed by atoms with Crippen molar-refractivity contribution in [3.63, 3.8) is 0 Å². The second-order valence-electron chi connectivity index (χ2n) is 3.97. The van der Waals surface area contributed by atoms with Crippen molar-refractivity contribution in [2.45, 2.75) is 6.42 Å². The molecule has 0 aromatic heterocycles. The van der Waals surface area contributed by atoms with E-state index in [0.717, 1.165) is 18.2 Å². The predicted molar refractivity (Wildman–Crippen MR) is 70.1 cm³/mol. The van der Waals surface area contributed by atoms with Gasteiger partial charge in [0.2, 0.25) is 5.91 Å². The van der Waals surface area contributed by atoms with Crippen LogP contribution in [0.1, 0.15) is 5.56 Å². The Morgan fingerprint density at radius 3 is 2.37 bits per heavy atom. The van der Waals surface area contributed by atoms with Gasteiger partial charge in [-0.05, 0) is 23.8 Å². The van der Waals surface area contributed by atoms with Crippen molar-refractivity contribution >= 4 is 23.2 Å². The molecule has 0 radical (unpaired) electrons. The van der Waals surface area contributed by atoms with Crippen molar-refractivity contribution in [3.8, 4) is 0 Å². The first-order chi connectivity index (χ1) is 9.04. The average molecular weight is 282 g/mol. The zero-order valence-electron chi connectivity index (χ0n) is 9.79. The lowest BCUT2D eigenvalue weighted by atomic mass is 10.1. The minimum absolute atomic E-state index is 0.0395. The zero-order valence-corrected chi connectivity index (χ0v) is 10.5. The average Bonchev–Trinajstić information content (AvgIpc) is 2.30. The minimum Gasteiger partial charge on any atom is -0.326 e. The number of rotatable bonds is 3. The van der Waals surface area contributed by atoms with Crippen LogP contribution in [0, 0.1) is 11.6 Å². The molecule has 19 heavy (non-hydrogen) atoms. The van der Waals surface area contributed by atoms with Crippen LogP contribution < -0.4 is 5.32 Å². The molecule has 0 fully saturated rings. The number of benzene rings is 2. The number of carbonyl (C=O) groups excluding carboxylic acids is 1. The predicted octanol–water partition coefficient (Wildman–Crippen LogP) is 3.80. The molecule has 2 rings (SSSR count). The summed E-state index contributed by atoms with van der Waals surface area (Å²) in [5.74, 6) is -1.88. The molecule has 0 saturated heterocycles. The summed E-state index contributed by atoms with van der Waals surface area (Å²) in [5.41, 5.74) is 0.730. The van der Waals surface area contributed by atoms with Gasteiger partial charge in [-0.15, -0.1) is 0 Å². The number of halogens is 3. The van der Waals surface area contributed by atoms with Gasteiger partial charge in [0.1, 0.15) is 11.6 Å². The molecule has 0 aliphatic carbocycles. The molecule has 0 unspecified atom stereocenters. The summed E-state index contributed by atoms with van der Waals surface area (Å²) >= 11 is 5.92. The number of hydrogen-bond acceptors (Lipinski definition) is 1. The van der Waals surface area contributed by atoms with Crippen LogP contribution in [0.4, 0.5) is 14.5 Å². The van der Waals surface area contributed by atoms with E-state index in [1.807, 2.05) is 0 Å². The Labute approximate surface area is 114 Å². The van der Waals surface area contributed by atoms with E-state index >= 15 is 0 Å². The Kier molecular flexibility index (Phi) is 4.12. The van der Waals surface area contributed by atoms with E-state index in [-0.39, 0.29) is 12.1 Å². The normalized spacial score (nSPS) is 10.3. The summed E-state index contributed by atoms with van der Waals surface area (Å²) in [6, 6.07) is 9.74. The van der Waals surface area contributed by atoms with E-state index in [2.05, 4.69) is 5.32 Å². The van der Waals surface area contributed by atoms with Crippen LogP contribution in [0.15, 0.2) is 42.5 Å². The number of anilines is 1. The maximum absolute atomic E-state index is 13.0. The van der Waals surface area contributed by atoms with Gasteiger partial charge in [0.15, 0.2) is 0 Å². The maximum Gasteiger partial charge on any atom is 0.228 e. The second kappa shape index (κ2) is 5.80. The van der Waals surface area contributed by atoms with Gasteiger partial charge in [0.05, 0.1) is 6.42 Å². The first-order valence-electron chi connectivity index (χ1n) is 5.54. The Morgan fingerprint density at radius 2 is 1.74 bits per heavy atom. The number of carbonyl (C=O) groups is 1. The summed E-state index contributed by atoms with van der Waals surface area (Å²) < 4.78 is 25.9. The van der Waals surface area contributed by atoms with Crippen LogP contribution in [-0.2, 0) is 11.2 Å². The van der Waals surface area contributed by atoms with Crippen molar-refractivity contribution < 1.29 is 13.6 Å². The van der Waals surface area contributed by atoms with Gasteiger partial charge in [0.25, 0.3) is 0 Å². The fraction of sp³-hybridized carbons (Fsp3) is 0.0714. The van der Waals surface area contributed by atoms with Gasteiger partial charge >= 0.3 is 0 Å². The second-order valence-corrected chi connectivity index (χ2v) is 4.38. The molecule has 0 saturated carbocycles. The van der Waals surface area contributed by atoms with E-state index in [9.17, 15) is 13.6 Å². The van der Waals surface area contributed by atoms with E-state index in [0.29, 0.717) is 10.6 Å². The smallest absolute Gasteiger partial charge is 0.228 e. The lowest BCUT2D eigenvalue weighted by Crippen LogP contribution is -2.14. The van der Waals surface area contributed by atoms with Gasteiger partial charge < -0.3 is 5.32 Å². The highest BCUT2D eigenvalue weighted by atomic mass is 35.5. The monoisotopic (exact) mass is 281 g/mol. The highest BCUT2D eigenvalue weighted by Gasteiger charge is 2.08. The van der Waals surface area contributed by atoms with Gasteiger partial charge in [0, 0.05) is 16.8 Å². The van der Waals surface area contributed by atoms with Gasteiger partial charge in [-0.3, -0.25) is 4.79 Å². The van der Waals surface area contributed by atoms with Crippen molar-refractivity contribution in [3.05, 3.63) is 64.7 Å². The largest absolute Gasteiger partial charge is 0.326 e. The molecule has 98 valence electrons. The van der Waals surface area contributed by atoms with Gasteiger partial charge in [-0.1, -0.05) is 29.8 Å². The van der Waals surface area contributed by atoms with Crippen LogP contribution in [0.25, 0.3) is 0 Å². The van der Waals surface area contributed by atoms with Crippen LogP contribution >= 0.6 is 11.6 Å². The quantitative estimate of drug-likeness (QED) is 0.911. The van der Waals surface area contributed by atoms with Crippen LogP contribution in [-0.4, -0.2) is 5.91 Å². The van der Waals surface area contributed by atoms with Crippen molar-refractivity contribution in [2.24, 2.45) is 0 Å². The summed E-state index contributed by atoms with van der Waals surface area (Å²) in [5, 5.41) is 2.90. The zero-order chi connectivity index (χ0) is 13.8. The van der Waals surface area contributed by atoms with E-state index in [4.69, 9.17) is 11.6 Å². The molecule has 0 bridgehead atoms. The third kappa shape index (κ3) is 3.76. The lowest BCUT2D eigenvalue weighted by molar-refractivity contribution is -0.115. The molecule has 0 heterocycles. The Morgan fingerprint density at radius 1 is 1.11 bits per heavy atom. The topological polar surface area (TPSA) is 29.1 Å². The Balaban J connectivity index is 2.07. The fourth-order valence-corrected chi connectivity index (χ4v) is 1.85. The standard InChI is InChI=1S/C14H10ClF2NO/c15-13-4-2-1-3-9(13)5-14(19)18-12-7-10(16)6-11(17)8-12/h1-4,6-8H,5H2,(H,18,19). The van der Waals surface area contributed by atoms with Crippen LogP contribution in [0.5, 0.6) is 0 Å². The highest BCUT2D eigenvalue weighted by molar-refractivity contribution is 6.31. The molecule has 0 aliphatic rings. The lowest BCUT2D eigenvalue weighted by Gasteiger charge is -2.07. The molecule has 0 spiro atoms. The molecule has 2 aromatic rings. The fourth-order valence-electron chi connectivity index (χ4n) is 1.65. The molecular formula is C14H10ClF2NO. The van der Waals surface area contributed by atoms with Crippen molar-refractivity contribution in [2.75, 3.05) is 5.32 Å². The highest BCUT2D eigenvalue weighted by Crippen LogP contribution is 2.17. The molecule has 0 atom stereocenters. The van der Waals surface area contributed by atoms with Crippen molar-refractivity contribution in [1.82, 2.24) is 0 Å². The van der Waals surface area contributed by atoms with E-state index < -0.39 is 17.5 Å².